The molecule has 5 nitrogen and oxygen atoms in total. The minimum atomic E-state index is -0.403. The second-order valence-electron chi connectivity index (χ2n) is 7.66. The molecule has 0 fully saturated rings. The van der Waals surface area contributed by atoms with E-state index in [1.165, 1.54) is 35.9 Å². The van der Waals surface area contributed by atoms with Crippen molar-refractivity contribution in [2.24, 2.45) is 0 Å². The van der Waals surface area contributed by atoms with Crippen LogP contribution in [0.3, 0.4) is 0 Å². The maximum absolute atomic E-state index is 14.1. The summed E-state index contributed by atoms with van der Waals surface area (Å²) >= 11 is 0. The fourth-order valence-corrected chi connectivity index (χ4v) is 3.97. The number of aromatic nitrogens is 2. The van der Waals surface area contributed by atoms with Gasteiger partial charge in [0.1, 0.15) is 18.2 Å². The van der Waals surface area contributed by atoms with E-state index in [0.717, 1.165) is 22.3 Å². The first-order chi connectivity index (χ1) is 15.4. The van der Waals surface area contributed by atoms with Crippen molar-refractivity contribution in [3.63, 3.8) is 0 Å². The van der Waals surface area contributed by atoms with Gasteiger partial charge in [-0.25, -0.2) is 8.78 Å². The number of halogens is 2. The molecule has 2 aromatic heterocycles. The number of hydrogen-bond donors (Lipinski definition) is 0. The summed E-state index contributed by atoms with van der Waals surface area (Å²) in [6.07, 6.45) is 2.11. The third-order valence-electron chi connectivity index (χ3n) is 5.66. The summed E-state index contributed by atoms with van der Waals surface area (Å²) in [4.78, 5) is 24.3. The fourth-order valence-electron chi connectivity index (χ4n) is 3.97. The summed E-state index contributed by atoms with van der Waals surface area (Å²) in [7, 11) is 1.32. The quantitative estimate of drug-likeness (QED) is 0.426. The molecule has 0 spiro atoms. The lowest BCUT2D eigenvalue weighted by Crippen LogP contribution is -2.20. The van der Waals surface area contributed by atoms with Crippen LogP contribution in [0.4, 0.5) is 8.78 Å². The van der Waals surface area contributed by atoms with Crippen LogP contribution in [-0.4, -0.2) is 22.2 Å². The molecule has 2 aromatic carbocycles. The number of fused-ring (bicyclic) bond motifs is 1. The Bertz CT molecular complexity index is 1370. The van der Waals surface area contributed by atoms with E-state index in [0.29, 0.717) is 17.4 Å². The van der Waals surface area contributed by atoms with Crippen LogP contribution in [-0.2, 0) is 29.0 Å². The predicted octanol–water partition coefficient (Wildman–Crippen LogP) is 4.20. The molecule has 0 saturated carbocycles. The lowest BCUT2D eigenvalue weighted by molar-refractivity contribution is -0.141. The molecule has 0 radical (unpaired) electrons. The number of carbonyl (C=O) groups is 1. The Hall–Kier alpha value is -3.74. The summed E-state index contributed by atoms with van der Waals surface area (Å²) < 4.78 is 36.2. The molecular weight excluding hydrogens is 414 g/mol. The number of pyridine rings is 1. The van der Waals surface area contributed by atoms with Crippen LogP contribution in [0.1, 0.15) is 22.4 Å². The first kappa shape index (κ1) is 21.5. The van der Waals surface area contributed by atoms with Crippen LogP contribution in [0.2, 0.25) is 0 Å². The van der Waals surface area contributed by atoms with Crippen LogP contribution >= 0.6 is 0 Å². The molecule has 0 saturated heterocycles. The second kappa shape index (κ2) is 8.78. The van der Waals surface area contributed by atoms with E-state index in [1.807, 2.05) is 6.92 Å². The van der Waals surface area contributed by atoms with E-state index >= 15 is 0 Å². The Labute approximate surface area is 183 Å². The topological polar surface area (TPSA) is 53.2 Å². The smallest absolute Gasteiger partial charge is 0.325 e. The predicted molar refractivity (Wildman–Crippen MR) is 118 cm³/mol. The number of methoxy groups -OCH3 is 1. The van der Waals surface area contributed by atoms with Crippen molar-refractivity contribution in [3.05, 3.63) is 105 Å². The minimum Gasteiger partial charge on any atom is -0.468 e. The number of rotatable bonds is 6. The first-order valence-electron chi connectivity index (χ1n) is 10.1. The fraction of sp³-hybridized carbons (Fsp3) is 0.200. The van der Waals surface area contributed by atoms with E-state index < -0.39 is 5.97 Å². The van der Waals surface area contributed by atoms with Crippen molar-refractivity contribution < 1.29 is 18.3 Å². The molecule has 2 heterocycles. The summed E-state index contributed by atoms with van der Waals surface area (Å²) in [6, 6.07) is 13.9. The maximum atomic E-state index is 14.1. The Balaban J connectivity index is 1.74. The molecular formula is C25H22F2N2O3. The average Bonchev–Trinajstić information content (AvgIpc) is 3.02. The van der Waals surface area contributed by atoms with Crippen molar-refractivity contribution in [1.29, 1.82) is 0 Å². The van der Waals surface area contributed by atoms with Gasteiger partial charge in [0.25, 0.3) is 5.56 Å². The molecule has 0 unspecified atom stereocenters. The zero-order valence-electron chi connectivity index (χ0n) is 17.8. The van der Waals surface area contributed by atoms with Crippen molar-refractivity contribution in [3.8, 4) is 0 Å². The third kappa shape index (κ3) is 4.19. The molecule has 0 amide bonds. The van der Waals surface area contributed by atoms with Crippen molar-refractivity contribution >= 4 is 16.9 Å². The molecule has 0 aliphatic heterocycles. The van der Waals surface area contributed by atoms with Gasteiger partial charge in [0, 0.05) is 40.8 Å². The molecule has 4 aromatic rings. The van der Waals surface area contributed by atoms with Crippen molar-refractivity contribution in [2.75, 3.05) is 7.11 Å². The van der Waals surface area contributed by atoms with E-state index in [1.54, 1.807) is 41.1 Å². The zero-order valence-corrected chi connectivity index (χ0v) is 17.8. The van der Waals surface area contributed by atoms with E-state index in [-0.39, 0.29) is 30.3 Å². The standard InChI is InChI=1S/C25H22F2N2O3/c1-16-20(21-12-19(26)8-9-23(21)29(16)15-25(31)32-2)11-17-7-10-24(30)28(13-17)14-18-5-3-4-6-22(18)27/h3-10,12-13H,11,14-15H2,1-2H3. The van der Waals surface area contributed by atoms with Gasteiger partial charge in [-0.1, -0.05) is 24.3 Å². The number of carbonyl (C=O) groups excluding carboxylic acids is 1. The van der Waals surface area contributed by atoms with E-state index in [4.69, 9.17) is 4.74 Å². The summed E-state index contributed by atoms with van der Waals surface area (Å²) in [5.41, 5.74) is 3.37. The Morgan fingerprint density at radius 2 is 1.84 bits per heavy atom. The normalized spacial score (nSPS) is 11.1. The van der Waals surface area contributed by atoms with Gasteiger partial charge in [0.05, 0.1) is 13.7 Å². The van der Waals surface area contributed by atoms with Crippen LogP contribution in [0, 0.1) is 18.6 Å². The van der Waals surface area contributed by atoms with Gasteiger partial charge >= 0.3 is 5.97 Å². The second-order valence-corrected chi connectivity index (χ2v) is 7.66. The monoisotopic (exact) mass is 436 g/mol. The highest BCUT2D eigenvalue weighted by Crippen LogP contribution is 2.29. The molecule has 32 heavy (non-hydrogen) atoms. The Morgan fingerprint density at radius 1 is 1.06 bits per heavy atom. The highest BCUT2D eigenvalue weighted by molar-refractivity contribution is 5.87. The third-order valence-corrected chi connectivity index (χ3v) is 5.66. The molecule has 0 aliphatic carbocycles. The van der Waals surface area contributed by atoms with Gasteiger partial charge in [0.2, 0.25) is 0 Å². The van der Waals surface area contributed by atoms with Crippen LogP contribution in [0.5, 0.6) is 0 Å². The number of hydrogen-bond acceptors (Lipinski definition) is 3. The number of nitrogens with zero attached hydrogens (tertiary/aromatic N) is 2. The Morgan fingerprint density at radius 3 is 2.59 bits per heavy atom. The molecule has 4 rings (SSSR count). The SMILES string of the molecule is COC(=O)Cn1c(C)c(Cc2ccc(=O)n(Cc3ccccc3F)c2)c2cc(F)ccc21. The van der Waals surface area contributed by atoms with Crippen LogP contribution in [0.15, 0.2) is 65.6 Å². The molecule has 0 atom stereocenters. The van der Waals surface area contributed by atoms with Crippen LogP contribution < -0.4 is 5.56 Å². The first-order valence-corrected chi connectivity index (χ1v) is 10.1. The van der Waals surface area contributed by atoms with Gasteiger partial charge in [-0.05, 0) is 42.3 Å². The summed E-state index contributed by atoms with van der Waals surface area (Å²) in [5.74, 6) is -1.15. The summed E-state index contributed by atoms with van der Waals surface area (Å²) in [6.45, 7) is 1.99. The van der Waals surface area contributed by atoms with Gasteiger partial charge in [0.15, 0.2) is 0 Å². The van der Waals surface area contributed by atoms with Gasteiger partial charge in [-0.15, -0.1) is 0 Å². The van der Waals surface area contributed by atoms with E-state index in [9.17, 15) is 18.4 Å². The van der Waals surface area contributed by atoms with E-state index in [2.05, 4.69) is 0 Å². The Kier molecular flexibility index (Phi) is 5.90. The number of ether oxygens (including phenoxy) is 1. The lowest BCUT2D eigenvalue weighted by atomic mass is 10.0. The summed E-state index contributed by atoms with van der Waals surface area (Å²) in [5, 5.41) is 0.693. The molecule has 0 aliphatic rings. The molecule has 7 heteroatoms. The number of esters is 1. The zero-order chi connectivity index (χ0) is 22.8. The minimum absolute atomic E-state index is 0.0112. The number of benzene rings is 2. The average molecular weight is 436 g/mol. The molecule has 0 N–H and O–H groups in total. The maximum Gasteiger partial charge on any atom is 0.325 e. The van der Waals surface area contributed by atoms with Gasteiger partial charge in [-0.2, -0.15) is 0 Å². The highest BCUT2D eigenvalue weighted by atomic mass is 19.1. The van der Waals surface area contributed by atoms with Crippen LogP contribution in [0.25, 0.3) is 10.9 Å². The lowest BCUT2D eigenvalue weighted by Gasteiger charge is -2.10. The van der Waals surface area contributed by atoms with Gasteiger partial charge in [-0.3, -0.25) is 9.59 Å². The highest BCUT2D eigenvalue weighted by Gasteiger charge is 2.18. The van der Waals surface area contributed by atoms with Crippen molar-refractivity contribution in [1.82, 2.24) is 9.13 Å². The largest absolute Gasteiger partial charge is 0.468 e. The molecule has 0 bridgehead atoms. The van der Waals surface area contributed by atoms with Gasteiger partial charge < -0.3 is 13.9 Å². The molecule has 164 valence electrons. The van der Waals surface area contributed by atoms with Crippen molar-refractivity contribution in [2.45, 2.75) is 26.4 Å².